The van der Waals surface area contributed by atoms with Crippen LogP contribution in [0.15, 0.2) is 21.7 Å². The summed E-state index contributed by atoms with van der Waals surface area (Å²) in [6.45, 7) is 5.33. The molecule has 0 aliphatic heterocycles. The zero-order valence-corrected chi connectivity index (χ0v) is 12.3. The molecular weight excluding hydrogens is 277 g/mol. The normalized spacial score (nSPS) is 16.9. The maximum atomic E-state index is 10.8. The van der Waals surface area contributed by atoms with Crippen LogP contribution >= 0.6 is 23.2 Å². The van der Waals surface area contributed by atoms with Gasteiger partial charge in [-0.2, -0.15) is 0 Å². The smallest absolute Gasteiger partial charge is 0.404 e. The largest absolute Gasteiger partial charge is 0.443 e. The number of halogens is 2. The van der Waals surface area contributed by atoms with E-state index in [2.05, 4.69) is 0 Å². The first-order valence-corrected chi connectivity index (χ1v) is 6.49. The predicted molar refractivity (Wildman–Crippen MR) is 73.5 cm³/mol. The van der Waals surface area contributed by atoms with E-state index >= 15 is 0 Å². The lowest BCUT2D eigenvalue weighted by Crippen LogP contribution is -2.34. The SMILES string of the molecule is CC=C(Cl)C(=C(Cl)CC)C(O)C(CC)OC(N)=O. The molecule has 0 aromatic carbocycles. The quantitative estimate of drug-likeness (QED) is 0.739. The molecule has 18 heavy (non-hydrogen) atoms. The van der Waals surface area contributed by atoms with Gasteiger partial charge in [-0.25, -0.2) is 4.79 Å². The topological polar surface area (TPSA) is 72.6 Å². The number of hydrogen-bond donors (Lipinski definition) is 2. The molecule has 0 spiro atoms. The zero-order valence-electron chi connectivity index (χ0n) is 10.7. The summed E-state index contributed by atoms with van der Waals surface area (Å²) >= 11 is 12.1. The number of allylic oxidation sites excluding steroid dienone is 2. The Kier molecular flexibility index (Phi) is 8.07. The van der Waals surface area contributed by atoms with Crippen LogP contribution in [0.1, 0.15) is 33.6 Å². The number of aliphatic hydroxyl groups is 1. The summed E-state index contributed by atoms with van der Waals surface area (Å²) in [4.78, 5) is 10.8. The fourth-order valence-corrected chi connectivity index (χ4v) is 1.97. The van der Waals surface area contributed by atoms with Crippen LogP contribution in [0.3, 0.4) is 0 Å². The molecule has 0 saturated carbocycles. The van der Waals surface area contributed by atoms with Crippen LogP contribution in [0.25, 0.3) is 0 Å². The average Bonchev–Trinajstić information content (AvgIpc) is 2.34. The monoisotopic (exact) mass is 295 g/mol. The van der Waals surface area contributed by atoms with Crippen LogP contribution in [0.5, 0.6) is 0 Å². The van der Waals surface area contributed by atoms with Crippen molar-refractivity contribution < 1.29 is 14.6 Å². The van der Waals surface area contributed by atoms with Crippen molar-refractivity contribution in [1.82, 2.24) is 0 Å². The minimum Gasteiger partial charge on any atom is -0.443 e. The van der Waals surface area contributed by atoms with E-state index in [4.69, 9.17) is 33.7 Å². The molecule has 6 heteroatoms. The summed E-state index contributed by atoms with van der Waals surface area (Å²) in [5.74, 6) is 0. The molecule has 1 amide bonds. The van der Waals surface area contributed by atoms with Gasteiger partial charge >= 0.3 is 6.09 Å². The summed E-state index contributed by atoms with van der Waals surface area (Å²) in [5.41, 5.74) is 5.33. The Bertz CT molecular complexity index is 353. The number of aliphatic hydroxyl groups excluding tert-OH is 1. The van der Waals surface area contributed by atoms with E-state index in [-0.39, 0.29) is 0 Å². The Morgan fingerprint density at radius 1 is 1.44 bits per heavy atom. The molecule has 4 nitrogen and oxygen atoms in total. The fraction of sp³-hybridized carbons (Fsp3) is 0.583. The number of ether oxygens (including phenoxy) is 1. The van der Waals surface area contributed by atoms with Gasteiger partial charge in [-0.05, 0) is 19.8 Å². The van der Waals surface area contributed by atoms with Gasteiger partial charge in [0.25, 0.3) is 0 Å². The number of carbonyl (C=O) groups is 1. The van der Waals surface area contributed by atoms with Gasteiger partial charge in [0.05, 0.1) is 0 Å². The van der Waals surface area contributed by atoms with Crippen LogP contribution < -0.4 is 5.73 Å². The molecule has 0 aliphatic rings. The standard InChI is InChI=1S/C12H19Cl2NO3/c1-4-7(13)10(8(14)5-2)11(16)9(6-3)18-12(15)17/h4,9,11,16H,5-6H2,1-3H3,(H2,15,17). The molecule has 3 N–H and O–H groups in total. The van der Waals surface area contributed by atoms with Crippen molar-refractivity contribution in [3.63, 3.8) is 0 Å². The lowest BCUT2D eigenvalue weighted by Gasteiger charge is -2.24. The number of primary amides is 1. The molecule has 0 aliphatic carbocycles. The molecule has 0 rings (SSSR count). The highest BCUT2D eigenvalue weighted by molar-refractivity contribution is 6.35. The molecule has 104 valence electrons. The average molecular weight is 296 g/mol. The van der Waals surface area contributed by atoms with Gasteiger partial charge in [0.15, 0.2) is 0 Å². The molecule has 0 bridgehead atoms. The van der Waals surface area contributed by atoms with Crippen LogP contribution in [-0.2, 0) is 4.74 Å². The summed E-state index contributed by atoms with van der Waals surface area (Å²) in [5, 5.41) is 11.0. The Morgan fingerprint density at radius 2 is 2.00 bits per heavy atom. The first kappa shape index (κ1) is 17.3. The Morgan fingerprint density at radius 3 is 2.33 bits per heavy atom. The molecule has 0 aromatic heterocycles. The number of hydrogen-bond acceptors (Lipinski definition) is 3. The molecule has 2 atom stereocenters. The van der Waals surface area contributed by atoms with E-state index in [9.17, 15) is 9.90 Å². The Balaban J connectivity index is 5.31. The van der Waals surface area contributed by atoms with E-state index in [1.165, 1.54) is 0 Å². The zero-order chi connectivity index (χ0) is 14.3. The van der Waals surface area contributed by atoms with Crippen LogP contribution in [0.4, 0.5) is 4.79 Å². The molecular formula is C12H19Cl2NO3. The van der Waals surface area contributed by atoms with Gasteiger partial charge in [0, 0.05) is 15.6 Å². The molecule has 0 radical (unpaired) electrons. The summed E-state index contributed by atoms with van der Waals surface area (Å²) < 4.78 is 4.84. The lowest BCUT2D eigenvalue weighted by molar-refractivity contribution is 0.0236. The third kappa shape index (κ3) is 4.88. The van der Waals surface area contributed by atoms with Crippen molar-refractivity contribution in [2.24, 2.45) is 5.73 Å². The fourth-order valence-electron chi connectivity index (χ4n) is 1.48. The van der Waals surface area contributed by atoms with Gasteiger partial charge in [-0.1, -0.05) is 43.1 Å². The van der Waals surface area contributed by atoms with Crippen molar-refractivity contribution in [2.45, 2.75) is 45.8 Å². The summed E-state index contributed by atoms with van der Waals surface area (Å²) in [6, 6.07) is 0. The van der Waals surface area contributed by atoms with Gasteiger partial charge in [-0.15, -0.1) is 0 Å². The first-order chi connectivity index (χ1) is 8.38. The Labute approximate surface area is 117 Å². The Hall–Kier alpha value is -0.710. The van der Waals surface area contributed by atoms with Crippen LogP contribution in [0.2, 0.25) is 0 Å². The third-order valence-electron chi connectivity index (χ3n) is 2.43. The van der Waals surface area contributed by atoms with Gasteiger partial charge < -0.3 is 15.6 Å². The van der Waals surface area contributed by atoms with Gasteiger partial charge in [0.1, 0.15) is 12.2 Å². The highest BCUT2D eigenvalue weighted by atomic mass is 35.5. The maximum Gasteiger partial charge on any atom is 0.404 e. The highest BCUT2D eigenvalue weighted by Gasteiger charge is 2.27. The molecule has 0 saturated heterocycles. The van der Waals surface area contributed by atoms with Gasteiger partial charge in [-0.3, -0.25) is 0 Å². The van der Waals surface area contributed by atoms with Crippen molar-refractivity contribution >= 4 is 29.3 Å². The van der Waals surface area contributed by atoms with E-state index in [1.54, 1.807) is 19.9 Å². The molecule has 0 fully saturated rings. The highest BCUT2D eigenvalue weighted by Crippen LogP contribution is 2.29. The molecule has 0 heterocycles. The molecule has 2 unspecified atom stereocenters. The minimum absolute atomic E-state index is 0.334. The number of carbonyl (C=O) groups excluding carboxylic acids is 1. The predicted octanol–water partition coefficient (Wildman–Crippen LogP) is 3.27. The maximum absolute atomic E-state index is 10.8. The number of amides is 1. The minimum atomic E-state index is -1.10. The van der Waals surface area contributed by atoms with Crippen molar-refractivity contribution in [2.75, 3.05) is 0 Å². The van der Waals surface area contributed by atoms with E-state index in [0.29, 0.717) is 28.5 Å². The van der Waals surface area contributed by atoms with Crippen molar-refractivity contribution in [3.05, 3.63) is 21.7 Å². The second kappa shape index (κ2) is 8.40. The van der Waals surface area contributed by atoms with Gasteiger partial charge in [0.2, 0.25) is 0 Å². The first-order valence-electron chi connectivity index (χ1n) is 5.73. The summed E-state index contributed by atoms with van der Waals surface area (Å²) in [6.07, 6.45) is -0.273. The van der Waals surface area contributed by atoms with Crippen LogP contribution in [-0.4, -0.2) is 23.4 Å². The van der Waals surface area contributed by atoms with E-state index < -0.39 is 18.3 Å². The van der Waals surface area contributed by atoms with Crippen molar-refractivity contribution in [3.8, 4) is 0 Å². The number of nitrogens with two attached hydrogens (primary N) is 1. The molecule has 0 aromatic rings. The number of rotatable bonds is 6. The van der Waals surface area contributed by atoms with Crippen LogP contribution in [0, 0.1) is 0 Å². The summed E-state index contributed by atoms with van der Waals surface area (Å²) in [7, 11) is 0. The van der Waals surface area contributed by atoms with Crippen molar-refractivity contribution in [1.29, 1.82) is 0 Å². The van der Waals surface area contributed by atoms with E-state index in [1.807, 2.05) is 6.92 Å². The second-order valence-electron chi connectivity index (χ2n) is 3.64. The second-order valence-corrected chi connectivity index (χ2v) is 4.50. The van der Waals surface area contributed by atoms with E-state index in [0.717, 1.165) is 0 Å². The lowest BCUT2D eigenvalue weighted by atomic mass is 10.0. The third-order valence-corrected chi connectivity index (χ3v) is 3.32.